The number of piperidine rings is 1. The Morgan fingerprint density at radius 2 is 2.17 bits per heavy atom. The summed E-state index contributed by atoms with van der Waals surface area (Å²) in [5.74, 6) is 0.0807. The van der Waals surface area contributed by atoms with Crippen molar-refractivity contribution < 1.29 is 9.90 Å². The molecule has 1 saturated heterocycles. The summed E-state index contributed by atoms with van der Waals surface area (Å²) in [4.78, 5) is 13.9. The molecule has 1 aliphatic heterocycles. The zero-order chi connectivity index (χ0) is 13.0. The smallest absolute Gasteiger partial charge is 0.244 e. The molecule has 100 valence electrons. The maximum absolute atomic E-state index is 12.0. The van der Waals surface area contributed by atoms with E-state index in [9.17, 15) is 9.90 Å². The zero-order valence-electron chi connectivity index (χ0n) is 10.7. The number of nitrogens with zero attached hydrogens (tertiary/aromatic N) is 4. The van der Waals surface area contributed by atoms with Crippen LogP contribution in [-0.4, -0.2) is 44.0 Å². The predicted octanol–water partition coefficient (Wildman–Crippen LogP) is 0.734. The highest BCUT2D eigenvalue weighted by Gasteiger charge is 2.18. The highest BCUT2D eigenvalue weighted by molar-refractivity contribution is 5.75. The Morgan fingerprint density at radius 1 is 1.44 bits per heavy atom. The Hall–Kier alpha value is -1.43. The number of aliphatic hydroxyl groups is 1. The lowest BCUT2D eigenvalue weighted by molar-refractivity contribution is -0.132. The molecule has 1 fully saturated rings. The van der Waals surface area contributed by atoms with Crippen LogP contribution in [0.4, 0.5) is 0 Å². The molecule has 0 aliphatic carbocycles. The first-order valence-electron chi connectivity index (χ1n) is 6.56. The third-order valence-corrected chi connectivity index (χ3v) is 3.29. The standard InChI is InChI=1S/C12H20N4O2/c1-2-11(17)10-8-16(14-13-10)9-12(18)15-6-4-3-5-7-15/h8,11,17H,2-7,9H2,1H3. The third-order valence-electron chi connectivity index (χ3n) is 3.29. The minimum atomic E-state index is -0.594. The fourth-order valence-corrected chi connectivity index (χ4v) is 2.13. The number of amides is 1. The number of likely N-dealkylation sites (tertiary alicyclic amines) is 1. The fourth-order valence-electron chi connectivity index (χ4n) is 2.13. The van der Waals surface area contributed by atoms with Crippen LogP contribution >= 0.6 is 0 Å². The Bertz CT molecular complexity index is 399. The van der Waals surface area contributed by atoms with Crippen molar-refractivity contribution in [1.29, 1.82) is 0 Å². The normalized spacial score (nSPS) is 17.8. The van der Waals surface area contributed by atoms with Gasteiger partial charge >= 0.3 is 0 Å². The molecule has 1 N–H and O–H groups in total. The quantitative estimate of drug-likeness (QED) is 0.857. The second-order valence-corrected chi connectivity index (χ2v) is 4.71. The second kappa shape index (κ2) is 5.95. The van der Waals surface area contributed by atoms with Crippen LogP contribution in [0.5, 0.6) is 0 Å². The lowest BCUT2D eigenvalue weighted by Crippen LogP contribution is -2.37. The van der Waals surface area contributed by atoms with Gasteiger partial charge in [-0.25, -0.2) is 4.68 Å². The van der Waals surface area contributed by atoms with E-state index in [4.69, 9.17) is 0 Å². The molecule has 1 amide bonds. The minimum Gasteiger partial charge on any atom is -0.387 e. The van der Waals surface area contributed by atoms with E-state index < -0.39 is 6.10 Å². The van der Waals surface area contributed by atoms with Crippen LogP contribution in [0.25, 0.3) is 0 Å². The van der Waals surface area contributed by atoms with Gasteiger partial charge in [-0.05, 0) is 25.7 Å². The maximum atomic E-state index is 12.0. The number of aliphatic hydroxyl groups excluding tert-OH is 1. The molecule has 0 spiro atoms. The molecule has 1 unspecified atom stereocenters. The highest BCUT2D eigenvalue weighted by atomic mass is 16.3. The first kappa shape index (κ1) is 13.0. The molecule has 1 aromatic heterocycles. The summed E-state index contributed by atoms with van der Waals surface area (Å²) in [7, 11) is 0. The number of carbonyl (C=O) groups is 1. The molecule has 1 aliphatic rings. The van der Waals surface area contributed by atoms with Gasteiger partial charge in [0.15, 0.2) is 0 Å². The summed E-state index contributed by atoms with van der Waals surface area (Å²) < 4.78 is 1.51. The van der Waals surface area contributed by atoms with Crippen molar-refractivity contribution >= 4 is 5.91 Å². The lowest BCUT2D eigenvalue weighted by Gasteiger charge is -2.26. The molecule has 0 radical (unpaired) electrons. The van der Waals surface area contributed by atoms with E-state index in [1.165, 1.54) is 11.1 Å². The lowest BCUT2D eigenvalue weighted by atomic mass is 10.1. The van der Waals surface area contributed by atoms with Gasteiger partial charge < -0.3 is 10.0 Å². The molecule has 0 saturated carbocycles. The van der Waals surface area contributed by atoms with Gasteiger partial charge in [0.25, 0.3) is 0 Å². The van der Waals surface area contributed by atoms with Crippen molar-refractivity contribution in [1.82, 2.24) is 19.9 Å². The van der Waals surface area contributed by atoms with E-state index in [2.05, 4.69) is 10.3 Å². The van der Waals surface area contributed by atoms with Crippen molar-refractivity contribution in [3.8, 4) is 0 Å². The molecular formula is C12H20N4O2. The van der Waals surface area contributed by atoms with Gasteiger partial charge in [0.1, 0.15) is 12.2 Å². The van der Waals surface area contributed by atoms with E-state index in [1.54, 1.807) is 6.20 Å². The molecule has 2 heterocycles. The summed E-state index contributed by atoms with van der Waals surface area (Å²) in [6.07, 6.45) is 5.03. The summed E-state index contributed by atoms with van der Waals surface area (Å²) in [5, 5.41) is 17.4. The van der Waals surface area contributed by atoms with E-state index in [0.29, 0.717) is 12.1 Å². The van der Waals surface area contributed by atoms with Crippen molar-refractivity contribution in [3.05, 3.63) is 11.9 Å². The molecular weight excluding hydrogens is 232 g/mol. The first-order chi connectivity index (χ1) is 8.70. The fraction of sp³-hybridized carbons (Fsp3) is 0.750. The zero-order valence-corrected chi connectivity index (χ0v) is 10.7. The van der Waals surface area contributed by atoms with Crippen LogP contribution in [0, 0.1) is 0 Å². The van der Waals surface area contributed by atoms with Crippen LogP contribution in [-0.2, 0) is 11.3 Å². The van der Waals surface area contributed by atoms with E-state index in [1.807, 2.05) is 11.8 Å². The largest absolute Gasteiger partial charge is 0.387 e. The van der Waals surface area contributed by atoms with Crippen molar-refractivity contribution in [2.24, 2.45) is 0 Å². The first-order valence-corrected chi connectivity index (χ1v) is 6.56. The van der Waals surface area contributed by atoms with E-state index in [0.717, 1.165) is 25.9 Å². The number of rotatable bonds is 4. The van der Waals surface area contributed by atoms with Gasteiger partial charge in [0.05, 0.1) is 12.3 Å². The molecule has 0 bridgehead atoms. The third kappa shape index (κ3) is 3.07. The topological polar surface area (TPSA) is 71.2 Å². The van der Waals surface area contributed by atoms with Crippen molar-refractivity contribution in [2.75, 3.05) is 13.1 Å². The molecule has 2 rings (SSSR count). The van der Waals surface area contributed by atoms with Gasteiger partial charge in [0.2, 0.25) is 5.91 Å². The van der Waals surface area contributed by atoms with Crippen molar-refractivity contribution in [3.63, 3.8) is 0 Å². The minimum absolute atomic E-state index is 0.0807. The Kier molecular flexibility index (Phi) is 4.30. The molecule has 0 aromatic carbocycles. The Labute approximate surface area is 107 Å². The van der Waals surface area contributed by atoms with Crippen LogP contribution in [0.2, 0.25) is 0 Å². The maximum Gasteiger partial charge on any atom is 0.244 e. The number of hydrogen-bond acceptors (Lipinski definition) is 4. The van der Waals surface area contributed by atoms with Gasteiger partial charge in [0, 0.05) is 13.1 Å². The Morgan fingerprint density at radius 3 is 2.83 bits per heavy atom. The summed E-state index contributed by atoms with van der Waals surface area (Å²) >= 11 is 0. The average molecular weight is 252 g/mol. The average Bonchev–Trinajstić information content (AvgIpc) is 2.87. The van der Waals surface area contributed by atoms with E-state index >= 15 is 0 Å². The van der Waals surface area contributed by atoms with Crippen LogP contribution < -0.4 is 0 Å². The monoisotopic (exact) mass is 252 g/mol. The SMILES string of the molecule is CCC(O)c1cn(CC(=O)N2CCCCC2)nn1. The Balaban J connectivity index is 1.92. The van der Waals surface area contributed by atoms with Gasteiger partial charge in [-0.3, -0.25) is 4.79 Å². The van der Waals surface area contributed by atoms with E-state index in [-0.39, 0.29) is 12.5 Å². The van der Waals surface area contributed by atoms with Crippen LogP contribution in [0.1, 0.15) is 44.4 Å². The molecule has 18 heavy (non-hydrogen) atoms. The van der Waals surface area contributed by atoms with Gasteiger partial charge in [-0.15, -0.1) is 5.10 Å². The molecule has 1 atom stereocenters. The number of aromatic nitrogens is 3. The molecule has 6 heteroatoms. The summed E-state index contributed by atoms with van der Waals surface area (Å²) in [5.41, 5.74) is 0.531. The molecule has 1 aromatic rings. The number of carbonyl (C=O) groups excluding carboxylic acids is 1. The van der Waals surface area contributed by atoms with Crippen molar-refractivity contribution in [2.45, 2.75) is 45.3 Å². The summed E-state index contributed by atoms with van der Waals surface area (Å²) in [6.45, 7) is 3.78. The van der Waals surface area contributed by atoms with Crippen LogP contribution in [0.3, 0.4) is 0 Å². The van der Waals surface area contributed by atoms with Gasteiger partial charge in [-0.2, -0.15) is 0 Å². The summed E-state index contributed by atoms with van der Waals surface area (Å²) in [6, 6.07) is 0. The second-order valence-electron chi connectivity index (χ2n) is 4.71. The highest BCUT2D eigenvalue weighted by Crippen LogP contribution is 2.13. The predicted molar refractivity (Wildman–Crippen MR) is 65.7 cm³/mol. The van der Waals surface area contributed by atoms with Crippen LogP contribution in [0.15, 0.2) is 6.20 Å². The number of hydrogen-bond donors (Lipinski definition) is 1. The van der Waals surface area contributed by atoms with Gasteiger partial charge in [-0.1, -0.05) is 12.1 Å². The molecule has 6 nitrogen and oxygen atoms in total.